The van der Waals surface area contributed by atoms with Crippen molar-refractivity contribution in [1.82, 2.24) is 4.98 Å². The fourth-order valence-corrected chi connectivity index (χ4v) is 1.78. The summed E-state index contributed by atoms with van der Waals surface area (Å²) in [5.74, 6) is 1.44. The Bertz CT molecular complexity index is 560. The molecule has 1 aromatic carbocycles. The van der Waals surface area contributed by atoms with Gasteiger partial charge in [-0.2, -0.15) is 0 Å². The molecule has 0 aliphatic heterocycles. The molecular formula is C14H16ClN3O. The summed E-state index contributed by atoms with van der Waals surface area (Å²) < 4.78 is 5.61. The van der Waals surface area contributed by atoms with Gasteiger partial charge in [0.25, 0.3) is 0 Å². The summed E-state index contributed by atoms with van der Waals surface area (Å²) in [6.45, 7) is 3.16. The Balaban J connectivity index is 1.82. The van der Waals surface area contributed by atoms with Crippen LogP contribution in [0.15, 0.2) is 36.4 Å². The second kappa shape index (κ2) is 6.29. The lowest BCUT2D eigenvalue weighted by molar-refractivity contribution is 0.332. The van der Waals surface area contributed by atoms with Gasteiger partial charge in [-0.05, 0) is 36.8 Å². The first kappa shape index (κ1) is 13.5. The van der Waals surface area contributed by atoms with Crippen LogP contribution in [0.5, 0.6) is 5.75 Å². The number of aromatic nitrogens is 1. The lowest BCUT2D eigenvalue weighted by Crippen LogP contribution is -2.13. The van der Waals surface area contributed by atoms with Crippen molar-refractivity contribution < 1.29 is 4.74 Å². The molecule has 1 heterocycles. The first-order chi connectivity index (χ1) is 9.15. The predicted octanol–water partition coefficient (Wildman–Crippen LogP) is 3.12. The Morgan fingerprint density at radius 3 is 2.95 bits per heavy atom. The van der Waals surface area contributed by atoms with E-state index >= 15 is 0 Å². The van der Waals surface area contributed by atoms with Gasteiger partial charge in [0.2, 0.25) is 0 Å². The maximum absolute atomic E-state index is 5.81. The Labute approximate surface area is 117 Å². The molecule has 0 unspecified atom stereocenters. The van der Waals surface area contributed by atoms with Crippen molar-refractivity contribution in [2.45, 2.75) is 6.92 Å². The average molecular weight is 278 g/mol. The maximum atomic E-state index is 5.81. The van der Waals surface area contributed by atoms with Crippen LogP contribution in [0, 0.1) is 6.92 Å². The molecule has 0 spiro atoms. The smallest absolute Gasteiger partial charge is 0.151 e. The Kier molecular flexibility index (Phi) is 4.47. The van der Waals surface area contributed by atoms with Crippen LogP contribution in [0.4, 0.5) is 11.5 Å². The highest BCUT2D eigenvalue weighted by Crippen LogP contribution is 2.18. The molecule has 0 saturated carbocycles. The Hall–Kier alpha value is -1.94. The third-order valence-corrected chi connectivity index (χ3v) is 2.76. The minimum absolute atomic E-state index is 0.413. The van der Waals surface area contributed by atoms with E-state index < -0.39 is 0 Å². The van der Waals surface area contributed by atoms with Gasteiger partial charge in [-0.3, -0.25) is 0 Å². The van der Waals surface area contributed by atoms with E-state index in [1.165, 1.54) is 5.56 Å². The molecule has 0 aliphatic carbocycles. The number of hydrogen-bond donors (Lipinski definition) is 2. The zero-order valence-corrected chi connectivity index (χ0v) is 11.4. The van der Waals surface area contributed by atoms with Crippen molar-refractivity contribution in [2.24, 2.45) is 0 Å². The van der Waals surface area contributed by atoms with Gasteiger partial charge in [0.05, 0.1) is 12.2 Å². The third kappa shape index (κ3) is 4.03. The molecule has 0 aliphatic rings. The normalized spacial score (nSPS) is 10.2. The van der Waals surface area contributed by atoms with Crippen molar-refractivity contribution in [3.63, 3.8) is 0 Å². The van der Waals surface area contributed by atoms with Gasteiger partial charge in [-0.25, -0.2) is 4.98 Å². The van der Waals surface area contributed by atoms with Crippen LogP contribution in [0.1, 0.15) is 5.56 Å². The largest absolute Gasteiger partial charge is 0.492 e. The molecule has 0 fully saturated rings. The van der Waals surface area contributed by atoms with E-state index in [1.54, 1.807) is 12.1 Å². The molecule has 0 saturated heterocycles. The number of nitrogens with zero attached hydrogens (tertiary/aromatic N) is 1. The van der Waals surface area contributed by atoms with Crippen molar-refractivity contribution in [2.75, 3.05) is 24.2 Å². The summed E-state index contributed by atoms with van der Waals surface area (Å²) in [5.41, 5.74) is 7.52. The molecule has 2 rings (SSSR count). The summed E-state index contributed by atoms with van der Waals surface area (Å²) in [6.07, 6.45) is 0. The van der Waals surface area contributed by atoms with Gasteiger partial charge < -0.3 is 15.8 Å². The predicted molar refractivity (Wildman–Crippen MR) is 78.8 cm³/mol. The van der Waals surface area contributed by atoms with E-state index in [1.807, 2.05) is 31.2 Å². The average Bonchev–Trinajstić information content (AvgIpc) is 2.39. The van der Waals surface area contributed by atoms with Gasteiger partial charge in [-0.1, -0.05) is 23.7 Å². The number of ether oxygens (including phenoxy) is 1. The molecule has 4 nitrogen and oxygen atoms in total. The van der Waals surface area contributed by atoms with Gasteiger partial charge >= 0.3 is 0 Å². The van der Waals surface area contributed by atoms with E-state index in [0.717, 1.165) is 5.75 Å². The second-order valence-electron chi connectivity index (χ2n) is 4.16. The van der Waals surface area contributed by atoms with Crippen LogP contribution >= 0.6 is 11.6 Å². The van der Waals surface area contributed by atoms with E-state index in [0.29, 0.717) is 29.8 Å². The summed E-state index contributed by atoms with van der Waals surface area (Å²) >= 11 is 5.81. The highest BCUT2D eigenvalue weighted by atomic mass is 35.5. The number of nitrogen functional groups attached to an aromatic ring is 1. The minimum Gasteiger partial charge on any atom is -0.492 e. The fraction of sp³-hybridized carbons (Fsp3) is 0.214. The molecule has 0 atom stereocenters. The zero-order valence-electron chi connectivity index (χ0n) is 10.7. The monoisotopic (exact) mass is 277 g/mol. The molecule has 1 aromatic heterocycles. The molecule has 0 bridgehead atoms. The lowest BCUT2D eigenvalue weighted by Gasteiger charge is -2.10. The number of aryl methyl sites for hydroxylation is 1. The van der Waals surface area contributed by atoms with E-state index in [4.69, 9.17) is 22.1 Å². The number of pyridine rings is 1. The summed E-state index contributed by atoms with van der Waals surface area (Å²) in [5, 5.41) is 3.51. The molecule has 0 amide bonds. The number of nitrogens with one attached hydrogen (secondary N) is 1. The fourth-order valence-electron chi connectivity index (χ4n) is 1.63. The zero-order chi connectivity index (χ0) is 13.7. The molecular weight excluding hydrogens is 262 g/mol. The van der Waals surface area contributed by atoms with Crippen molar-refractivity contribution in [3.05, 3.63) is 47.1 Å². The molecule has 5 heteroatoms. The highest BCUT2D eigenvalue weighted by Gasteiger charge is 2.01. The van der Waals surface area contributed by atoms with Crippen molar-refractivity contribution in [3.8, 4) is 5.75 Å². The summed E-state index contributed by atoms with van der Waals surface area (Å²) in [7, 11) is 0. The Morgan fingerprint density at radius 2 is 2.16 bits per heavy atom. The quantitative estimate of drug-likeness (QED) is 0.651. The van der Waals surface area contributed by atoms with Crippen LogP contribution in [-0.2, 0) is 0 Å². The standard InChI is InChI=1S/C14H16ClN3O/c1-10-3-2-4-11(9-10)19-8-7-17-14-12(16)5-6-13(15)18-14/h2-6,9H,7-8,16H2,1H3,(H,17,18). The number of nitrogens with two attached hydrogens (primary N) is 1. The van der Waals surface area contributed by atoms with Gasteiger partial charge in [0, 0.05) is 0 Å². The number of benzene rings is 1. The number of anilines is 2. The van der Waals surface area contributed by atoms with Gasteiger partial charge in [0.1, 0.15) is 17.5 Å². The second-order valence-corrected chi connectivity index (χ2v) is 4.55. The molecule has 100 valence electrons. The Morgan fingerprint density at radius 1 is 1.32 bits per heavy atom. The highest BCUT2D eigenvalue weighted by molar-refractivity contribution is 6.29. The summed E-state index contributed by atoms with van der Waals surface area (Å²) in [4.78, 5) is 4.11. The number of rotatable bonds is 5. The SMILES string of the molecule is Cc1cccc(OCCNc2nc(Cl)ccc2N)c1. The van der Waals surface area contributed by atoms with Crippen LogP contribution in [0.25, 0.3) is 0 Å². The number of halogens is 1. The maximum Gasteiger partial charge on any atom is 0.151 e. The first-order valence-corrected chi connectivity index (χ1v) is 6.38. The van der Waals surface area contributed by atoms with Gasteiger partial charge in [-0.15, -0.1) is 0 Å². The van der Waals surface area contributed by atoms with Gasteiger partial charge in [0.15, 0.2) is 5.82 Å². The van der Waals surface area contributed by atoms with E-state index in [-0.39, 0.29) is 0 Å². The van der Waals surface area contributed by atoms with E-state index in [9.17, 15) is 0 Å². The minimum atomic E-state index is 0.413. The van der Waals surface area contributed by atoms with Crippen LogP contribution in [-0.4, -0.2) is 18.1 Å². The van der Waals surface area contributed by atoms with E-state index in [2.05, 4.69) is 10.3 Å². The van der Waals surface area contributed by atoms with Crippen LogP contribution < -0.4 is 15.8 Å². The van der Waals surface area contributed by atoms with Crippen LogP contribution in [0.3, 0.4) is 0 Å². The lowest BCUT2D eigenvalue weighted by atomic mass is 10.2. The summed E-state index contributed by atoms with van der Waals surface area (Å²) in [6, 6.07) is 11.3. The van der Waals surface area contributed by atoms with Crippen molar-refractivity contribution >= 4 is 23.1 Å². The molecule has 0 radical (unpaired) electrons. The first-order valence-electron chi connectivity index (χ1n) is 6.00. The number of hydrogen-bond acceptors (Lipinski definition) is 4. The van der Waals surface area contributed by atoms with Crippen LogP contribution in [0.2, 0.25) is 5.15 Å². The molecule has 2 aromatic rings. The topological polar surface area (TPSA) is 60.2 Å². The third-order valence-electron chi connectivity index (χ3n) is 2.55. The molecule has 19 heavy (non-hydrogen) atoms. The van der Waals surface area contributed by atoms with Crippen molar-refractivity contribution in [1.29, 1.82) is 0 Å². The molecule has 3 N–H and O–H groups in total.